The molecular weight excluding hydrogens is 308 g/mol. The van der Waals surface area contributed by atoms with E-state index in [0.29, 0.717) is 23.8 Å². The summed E-state index contributed by atoms with van der Waals surface area (Å²) in [5.41, 5.74) is 1.04. The summed E-state index contributed by atoms with van der Waals surface area (Å²) in [7, 11) is 1.32. The van der Waals surface area contributed by atoms with E-state index in [2.05, 4.69) is 10.1 Å². The maximum absolute atomic E-state index is 12.4. The van der Waals surface area contributed by atoms with Crippen LogP contribution in [0.3, 0.4) is 0 Å². The number of likely N-dealkylation sites (tertiary alicyclic amines) is 1. The van der Waals surface area contributed by atoms with E-state index in [4.69, 9.17) is 0 Å². The van der Waals surface area contributed by atoms with Crippen molar-refractivity contribution in [1.29, 1.82) is 0 Å². The second-order valence-electron chi connectivity index (χ2n) is 6.44. The molecule has 0 aromatic heterocycles. The number of nitrogens with one attached hydrogen (secondary N) is 1. The maximum atomic E-state index is 12.4. The van der Waals surface area contributed by atoms with Gasteiger partial charge in [0.15, 0.2) is 0 Å². The van der Waals surface area contributed by atoms with Crippen LogP contribution in [-0.4, -0.2) is 42.4 Å². The maximum Gasteiger partial charge on any atom is 0.337 e. The van der Waals surface area contributed by atoms with Gasteiger partial charge in [0.1, 0.15) is 0 Å². The average Bonchev–Trinajstić information content (AvgIpc) is 3.24. The van der Waals surface area contributed by atoms with Gasteiger partial charge in [-0.3, -0.25) is 9.59 Å². The Balaban J connectivity index is 1.59. The van der Waals surface area contributed by atoms with Crippen molar-refractivity contribution in [2.24, 2.45) is 5.92 Å². The van der Waals surface area contributed by atoms with Crippen LogP contribution >= 0.6 is 0 Å². The zero-order valence-corrected chi connectivity index (χ0v) is 13.8. The molecule has 24 heavy (non-hydrogen) atoms. The molecule has 2 amide bonds. The molecule has 1 atom stereocenters. The number of amides is 2. The number of carbonyl (C=O) groups excluding carboxylic acids is 3. The van der Waals surface area contributed by atoms with Crippen molar-refractivity contribution >= 4 is 23.5 Å². The predicted molar refractivity (Wildman–Crippen MR) is 88.5 cm³/mol. The Morgan fingerprint density at radius 1 is 1.17 bits per heavy atom. The van der Waals surface area contributed by atoms with Crippen molar-refractivity contribution in [3.05, 3.63) is 29.8 Å². The highest BCUT2D eigenvalue weighted by molar-refractivity contribution is 5.97. The Labute approximate surface area is 141 Å². The molecule has 1 aliphatic carbocycles. The van der Waals surface area contributed by atoms with Gasteiger partial charge in [0, 0.05) is 24.7 Å². The fourth-order valence-electron chi connectivity index (χ4n) is 3.53. The Hall–Kier alpha value is -2.37. The molecule has 2 fully saturated rings. The van der Waals surface area contributed by atoms with E-state index in [0.717, 1.165) is 25.7 Å². The van der Waals surface area contributed by atoms with Crippen LogP contribution in [0.4, 0.5) is 5.69 Å². The average molecular weight is 330 g/mol. The standard InChI is InChI=1S/C18H22N2O4/c1-24-18(23)12-6-8-14(9-7-12)19-17(22)13-10-16(21)20(11-13)15-4-2-3-5-15/h6-9,13,15H,2-5,10-11H2,1H3,(H,19,22)/t13-/m0/s1. The van der Waals surface area contributed by atoms with Crippen molar-refractivity contribution in [2.75, 3.05) is 19.0 Å². The first-order valence-corrected chi connectivity index (χ1v) is 8.37. The van der Waals surface area contributed by atoms with Gasteiger partial charge in [0.05, 0.1) is 18.6 Å². The summed E-state index contributed by atoms with van der Waals surface area (Å²) < 4.78 is 4.64. The summed E-state index contributed by atoms with van der Waals surface area (Å²) in [6, 6.07) is 6.85. The largest absolute Gasteiger partial charge is 0.465 e. The number of anilines is 1. The van der Waals surface area contributed by atoms with Gasteiger partial charge in [-0.2, -0.15) is 0 Å². The van der Waals surface area contributed by atoms with E-state index in [1.165, 1.54) is 7.11 Å². The van der Waals surface area contributed by atoms with Gasteiger partial charge in [-0.1, -0.05) is 12.8 Å². The lowest BCUT2D eigenvalue weighted by Crippen LogP contribution is -2.35. The summed E-state index contributed by atoms with van der Waals surface area (Å²) in [6.45, 7) is 0.510. The fourth-order valence-corrected chi connectivity index (χ4v) is 3.53. The number of esters is 1. The van der Waals surface area contributed by atoms with Gasteiger partial charge < -0.3 is 15.0 Å². The Morgan fingerprint density at radius 3 is 2.46 bits per heavy atom. The third-order valence-corrected chi connectivity index (χ3v) is 4.87. The van der Waals surface area contributed by atoms with Crippen molar-refractivity contribution in [3.8, 4) is 0 Å². The minimum atomic E-state index is -0.415. The summed E-state index contributed by atoms with van der Waals surface area (Å²) in [5, 5.41) is 2.83. The number of nitrogens with zero attached hydrogens (tertiary/aromatic N) is 1. The fraction of sp³-hybridized carbons (Fsp3) is 0.500. The lowest BCUT2D eigenvalue weighted by Gasteiger charge is -2.23. The molecule has 6 nitrogen and oxygen atoms in total. The first kappa shape index (κ1) is 16.5. The summed E-state index contributed by atoms with van der Waals surface area (Å²) in [4.78, 5) is 37.9. The Bertz CT molecular complexity index is 635. The van der Waals surface area contributed by atoms with Crippen molar-refractivity contribution in [2.45, 2.75) is 38.1 Å². The van der Waals surface area contributed by atoms with Crippen LogP contribution in [0.5, 0.6) is 0 Å². The molecule has 1 saturated heterocycles. The molecule has 1 aromatic rings. The van der Waals surface area contributed by atoms with Gasteiger partial charge in [0.2, 0.25) is 11.8 Å². The molecule has 0 radical (unpaired) electrons. The van der Waals surface area contributed by atoms with E-state index < -0.39 is 5.97 Å². The number of rotatable bonds is 4. The van der Waals surface area contributed by atoms with E-state index in [9.17, 15) is 14.4 Å². The lowest BCUT2D eigenvalue weighted by atomic mass is 10.1. The van der Waals surface area contributed by atoms with Crippen molar-refractivity contribution in [1.82, 2.24) is 4.90 Å². The molecule has 1 aromatic carbocycles. The number of hydrogen-bond donors (Lipinski definition) is 1. The van der Waals surface area contributed by atoms with Gasteiger partial charge in [-0.15, -0.1) is 0 Å². The zero-order chi connectivity index (χ0) is 17.1. The highest BCUT2D eigenvalue weighted by Crippen LogP contribution is 2.30. The van der Waals surface area contributed by atoms with E-state index >= 15 is 0 Å². The Kier molecular flexibility index (Phi) is 4.83. The minimum Gasteiger partial charge on any atom is -0.465 e. The molecule has 2 aliphatic rings. The summed E-state index contributed by atoms with van der Waals surface area (Å²) in [6.07, 6.45) is 4.71. The summed E-state index contributed by atoms with van der Waals surface area (Å²) >= 11 is 0. The van der Waals surface area contributed by atoms with Crippen LogP contribution in [0.2, 0.25) is 0 Å². The van der Waals surface area contributed by atoms with E-state index in [1.54, 1.807) is 24.3 Å². The van der Waals surface area contributed by atoms with Gasteiger partial charge in [0.25, 0.3) is 0 Å². The van der Waals surface area contributed by atoms with Crippen LogP contribution in [0.25, 0.3) is 0 Å². The third kappa shape index (κ3) is 3.42. The van der Waals surface area contributed by atoms with Crippen LogP contribution in [-0.2, 0) is 14.3 Å². The minimum absolute atomic E-state index is 0.0862. The first-order valence-electron chi connectivity index (χ1n) is 8.37. The monoisotopic (exact) mass is 330 g/mol. The second-order valence-corrected chi connectivity index (χ2v) is 6.44. The number of carbonyl (C=O) groups is 3. The zero-order valence-electron chi connectivity index (χ0n) is 13.8. The quantitative estimate of drug-likeness (QED) is 0.859. The van der Waals surface area contributed by atoms with Crippen LogP contribution in [0.15, 0.2) is 24.3 Å². The molecule has 0 bridgehead atoms. The second kappa shape index (κ2) is 7.03. The normalized spacial score (nSPS) is 21.1. The van der Waals surface area contributed by atoms with Crippen LogP contribution in [0.1, 0.15) is 42.5 Å². The molecule has 1 aliphatic heterocycles. The molecule has 3 rings (SSSR count). The molecule has 1 heterocycles. The molecule has 6 heteroatoms. The molecule has 1 saturated carbocycles. The third-order valence-electron chi connectivity index (χ3n) is 4.87. The highest BCUT2D eigenvalue weighted by Gasteiger charge is 2.38. The first-order chi connectivity index (χ1) is 11.6. The topological polar surface area (TPSA) is 75.7 Å². The molecule has 0 unspecified atom stereocenters. The van der Waals surface area contributed by atoms with E-state index in [-0.39, 0.29) is 24.2 Å². The van der Waals surface area contributed by atoms with Crippen LogP contribution in [0, 0.1) is 5.92 Å². The molecule has 128 valence electrons. The number of benzene rings is 1. The number of hydrogen-bond acceptors (Lipinski definition) is 4. The predicted octanol–water partition coefficient (Wildman–Crippen LogP) is 2.20. The number of ether oxygens (including phenoxy) is 1. The van der Waals surface area contributed by atoms with Crippen LogP contribution < -0.4 is 5.32 Å². The smallest absolute Gasteiger partial charge is 0.337 e. The lowest BCUT2D eigenvalue weighted by molar-refractivity contribution is -0.129. The summed E-state index contributed by atoms with van der Waals surface area (Å²) in [5.74, 6) is -0.780. The molecular formula is C18H22N2O4. The Morgan fingerprint density at radius 2 is 1.83 bits per heavy atom. The molecule has 0 spiro atoms. The van der Waals surface area contributed by atoms with Gasteiger partial charge >= 0.3 is 5.97 Å². The van der Waals surface area contributed by atoms with E-state index in [1.807, 2.05) is 4.90 Å². The highest BCUT2D eigenvalue weighted by atomic mass is 16.5. The van der Waals surface area contributed by atoms with Gasteiger partial charge in [-0.25, -0.2) is 4.79 Å². The SMILES string of the molecule is COC(=O)c1ccc(NC(=O)[C@H]2CC(=O)N(C3CCCC3)C2)cc1. The van der Waals surface area contributed by atoms with Gasteiger partial charge in [-0.05, 0) is 37.1 Å². The van der Waals surface area contributed by atoms with Crippen molar-refractivity contribution < 1.29 is 19.1 Å². The van der Waals surface area contributed by atoms with Crippen molar-refractivity contribution in [3.63, 3.8) is 0 Å². The number of methoxy groups -OCH3 is 1. The molecule has 1 N–H and O–H groups in total.